The number of rotatable bonds is 3. The quantitative estimate of drug-likeness (QED) is 0.898. The minimum atomic E-state index is -0.128. The number of hydrogen-bond acceptors (Lipinski definition) is 3. The zero-order valence-corrected chi connectivity index (χ0v) is 10.8. The van der Waals surface area contributed by atoms with Gasteiger partial charge in [-0.15, -0.1) is 23.7 Å². The Balaban J connectivity index is 0.00000169. The number of nitrogens with one attached hydrogen (secondary N) is 1. The Morgan fingerprint density at radius 2 is 2.36 bits per heavy atom. The first-order chi connectivity index (χ1) is 6.13. The maximum Gasteiger partial charge on any atom is 0.234 e. The first-order valence-electron chi connectivity index (χ1n) is 3.88. The Bertz CT molecular complexity index is 305. The Morgan fingerprint density at radius 1 is 1.71 bits per heavy atom. The first-order valence-corrected chi connectivity index (χ1v) is 5.49. The van der Waals surface area contributed by atoms with Crippen LogP contribution < -0.4 is 11.1 Å². The number of halogens is 2. The molecule has 0 aliphatic rings. The van der Waals surface area contributed by atoms with Crippen molar-refractivity contribution >= 4 is 45.6 Å². The second-order valence-corrected chi connectivity index (χ2v) is 5.13. The van der Waals surface area contributed by atoms with Gasteiger partial charge in [-0.2, -0.15) is 0 Å². The van der Waals surface area contributed by atoms with Crippen molar-refractivity contribution in [3.05, 3.63) is 20.8 Å². The van der Waals surface area contributed by atoms with Crippen LogP contribution >= 0.6 is 39.7 Å². The minimum absolute atomic E-state index is 0. The lowest BCUT2D eigenvalue weighted by Gasteiger charge is -2.10. The van der Waals surface area contributed by atoms with Crippen LogP contribution in [0.3, 0.4) is 0 Å². The Kier molecular flexibility index (Phi) is 6.35. The van der Waals surface area contributed by atoms with Crippen LogP contribution in [0.15, 0.2) is 15.9 Å². The molecule has 1 aromatic heterocycles. The molecule has 0 bridgehead atoms. The lowest BCUT2D eigenvalue weighted by atomic mass is 10.3. The van der Waals surface area contributed by atoms with Gasteiger partial charge in [-0.25, -0.2) is 0 Å². The van der Waals surface area contributed by atoms with Crippen LogP contribution in [-0.2, 0) is 4.79 Å². The van der Waals surface area contributed by atoms with Crippen molar-refractivity contribution in [2.24, 2.45) is 5.73 Å². The summed E-state index contributed by atoms with van der Waals surface area (Å²) >= 11 is 4.97. The van der Waals surface area contributed by atoms with E-state index in [0.717, 1.165) is 8.66 Å². The molecule has 0 aromatic carbocycles. The number of nitrogens with two attached hydrogens (primary N) is 1. The lowest BCUT2D eigenvalue weighted by molar-refractivity contribution is -0.120. The van der Waals surface area contributed by atoms with Crippen molar-refractivity contribution < 1.29 is 4.79 Å². The van der Waals surface area contributed by atoms with E-state index in [0.29, 0.717) is 0 Å². The maximum atomic E-state index is 11.0. The number of amides is 1. The molecule has 1 atom stereocenters. The average Bonchev–Trinajstić information content (AvgIpc) is 2.51. The fraction of sp³-hybridized carbons (Fsp3) is 0.375. The van der Waals surface area contributed by atoms with Crippen molar-refractivity contribution in [3.8, 4) is 0 Å². The molecule has 80 valence electrons. The molecule has 3 N–H and O–H groups in total. The van der Waals surface area contributed by atoms with E-state index in [4.69, 9.17) is 5.73 Å². The van der Waals surface area contributed by atoms with Gasteiger partial charge in [0.15, 0.2) is 0 Å². The lowest BCUT2D eigenvalue weighted by Crippen LogP contribution is -2.31. The Labute approximate surface area is 102 Å². The third-order valence-corrected chi connectivity index (χ3v) is 3.39. The fourth-order valence-electron chi connectivity index (χ4n) is 0.933. The molecule has 1 amide bonds. The van der Waals surface area contributed by atoms with Gasteiger partial charge in [0.1, 0.15) is 0 Å². The number of thiophene rings is 1. The van der Waals surface area contributed by atoms with Gasteiger partial charge in [-0.05, 0) is 35.0 Å². The van der Waals surface area contributed by atoms with Crippen molar-refractivity contribution in [1.29, 1.82) is 0 Å². The zero-order chi connectivity index (χ0) is 9.84. The summed E-state index contributed by atoms with van der Waals surface area (Å²) < 4.78 is 1.07. The third kappa shape index (κ3) is 3.96. The summed E-state index contributed by atoms with van der Waals surface area (Å²) in [5, 5.41) is 2.78. The second kappa shape index (κ2) is 6.40. The van der Waals surface area contributed by atoms with Crippen molar-refractivity contribution in [2.45, 2.75) is 13.0 Å². The molecule has 0 spiro atoms. The molecule has 0 aliphatic carbocycles. The van der Waals surface area contributed by atoms with Gasteiger partial charge in [0.2, 0.25) is 5.91 Å². The summed E-state index contributed by atoms with van der Waals surface area (Å²) in [5.74, 6) is -0.128. The average molecular weight is 300 g/mol. The van der Waals surface area contributed by atoms with Crippen LogP contribution in [0, 0.1) is 0 Å². The van der Waals surface area contributed by atoms with Crippen molar-refractivity contribution in [1.82, 2.24) is 5.32 Å². The minimum Gasteiger partial charge on any atom is -0.348 e. The van der Waals surface area contributed by atoms with Crippen LogP contribution in [0.5, 0.6) is 0 Å². The molecule has 3 nitrogen and oxygen atoms in total. The van der Waals surface area contributed by atoms with Crippen molar-refractivity contribution in [3.63, 3.8) is 0 Å². The van der Waals surface area contributed by atoms with E-state index in [-0.39, 0.29) is 30.9 Å². The predicted molar refractivity (Wildman–Crippen MR) is 64.9 cm³/mol. The summed E-state index contributed by atoms with van der Waals surface area (Å²) in [7, 11) is 0. The van der Waals surface area contributed by atoms with Crippen LogP contribution in [-0.4, -0.2) is 12.5 Å². The topological polar surface area (TPSA) is 55.1 Å². The normalized spacial score (nSPS) is 11.6. The standard InChI is InChI=1S/C8H11BrN2OS.ClH/c1-5(11-8(12)4-10)6-2-3-7(9)13-6;/h2-3,5H,4,10H2,1H3,(H,11,12);1H. The number of carbonyl (C=O) groups excluding carboxylic acids is 1. The van der Waals surface area contributed by atoms with Gasteiger partial charge in [0.05, 0.1) is 16.4 Å². The van der Waals surface area contributed by atoms with Gasteiger partial charge in [-0.3, -0.25) is 4.79 Å². The van der Waals surface area contributed by atoms with Gasteiger partial charge in [0.25, 0.3) is 0 Å². The third-order valence-electron chi connectivity index (χ3n) is 1.58. The SMILES string of the molecule is CC(NC(=O)CN)c1ccc(Br)s1.Cl. The molecule has 0 saturated carbocycles. The van der Waals surface area contributed by atoms with Crippen LogP contribution in [0.2, 0.25) is 0 Å². The van der Waals surface area contributed by atoms with E-state index < -0.39 is 0 Å². The molecule has 0 radical (unpaired) electrons. The number of hydrogen-bond donors (Lipinski definition) is 2. The largest absolute Gasteiger partial charge is 0.348 e. The predicted octanol–water partition coefficient (Wildman–Crippen LogP) is 2.07. The molecule has 1 heterocycles. The smallest absolute Gasteiger partial charge is 0.234 e. The molecule has 1 unspecified atom stereocenters. The highest BCUT2D eigenvalue weighted by Gasteiger charge is 2.09. The zero-order valence-electron chi connectivity index (χ0n) is 7.62. The van der Waals surface area contributed by atoms with E-state index in [1.807, 2.05) is 19.1 Å². The summed E-state index contributed by atoms with van der Waals surface area (Å²) in [4.78, 5) is 12.1. The van der Waals surface area contributed by atoms with E-state index in [1.54, 1.807) is 11.3 Å². The van der Waals surface area contributed by atoms with Gasteiger partial charge < -0.3 is 11.1 Å². The van der Waals surface area contributed by atoms with Crippen molar-refractivity contribution in [2.75, 3.05) is 6.54 Å². The van der Waals surface area contributed by atoms with Gasteiger partial charge in [0, 0.05) is 4.88 Å². The second-order valence-electron chi connectivity index (χ2n) is 2.64. The van der Waals surface area contributed by atoms with Crippen LogP contribution in [0.1, 0.15) is 17.8 Å². The molecule has 0 aliphatic heterocycles. The summed E-state index contributed by atoms with van der Waals surface area (Å²) in [6.45, 7) is 1.97. The highest BCUT2D eigenvalue weighted by molar-refractivity contribution is 9.11. The molecule has 1 rings (SSSR count). The van der Waals surface area contributed by atoms with Crippen LogP contribution in [0.4, 0.5) is 0 Å². The maximum absolute atomic E-state index is 11.0. The highest BCUT2D eigenvalue weighted by Crippen LogP contribution is 2.26. The first kappa shape index (κ1) is 13.9. The van der Waals surface area contributed by atoms with Gasteiger partial charge in [-0.1, -0.05) is 0 Å². The van der Waals surface area contributed by atoms with E-state index in [2.05, 4.69) is 21.2 Å². The summed E-state index contributed by atoms with van der Waals surface area (Å²) in [6, 6.07) is 3.98. The van der Waals surface area contributed by atoms with E-state index in [9.17, 15) is 4.79 Å². The molecule has 0 fully saturated rings. The molecular formula is C8H12BrClN2OS. The molecule has 6 heteroatoms. The highest BCUT2D eigenvalue weighted by atomic mass is 79.9. The fourth-order valence-corrected chi connectivity index (χ4v) is 2.36. The van der Waals surface area contributed by atoms with E-state index >= 15 is 0 Å². The monoisotopic (exact) mass is 298 g/mol. The molecule has 14 heavy (non-hydrogen) atoms. The summed E-state index contributed by atoms with van der Waals surface area (Å²) in [5.41, 5.74) is 5.19. The molecule has 0 saturated heterocycles. The Hall–Kier alpha value is -0.100. The Morgan fingerprint density at radius 3 is 2.79 bits per heavy atom. The van der Waals surface area contributed by atoms with Crippen LogP contribution in [0.25, 0.3) is 0 Å². The number of carbonyl (C=O) groups is 1. The van der Waals surface area contributed by atoms with E-state index in [1.165, 1.54) is 0 Å². The summed E-state index contributed by atoms with van der Waals surface area (Å²) in [6.07, 6.45) is 0. The molecular weight excluding hydrogens is 288 g/mol. The van der Waals surface area contributed by atoms with Gasteiger partial charge >= 0.3 is 0 Å². The molecule has 1 aromatic rings.